The highest BCUT2D eigenvalue weighted by atomic mass is 16.6. The SMILES string of the molecule is COC(C)(C)CN=C(N)N1CCN(C(=O)OC(C)(C)C)CC1. The van der Waals surface area contributed by atoms with Crippen molar-refractivity contribution >= 4 is 12.1 Å². The van der Waals surface area contributed by atoms with Crippen molar-refractivity contribution in [2.45, 2.75) is 45.8 Å². The van der Waals surface area contributed by atoms with E-state index in [4.69, 9.17) is 15.2 Å². The van der Waals surface area contributed by atoms with E-state index in [0.717, 1.165) is 0 Å². The molecule has 1 rings (SSSR count). The molecule has 7 nitrogen and oxygen atoms in total. The van der Waals surface area contributed by atoms with Crippen molar-refractivity contribution in [2.75, 3.05) is 39.8 Å². The number of hydrogen-bond donors (Lipinski definition) is 1. The Morgan fingerprint density at radius 3 is 2.05 bits per heavy atom. The second kappa shape index (κ2) is 7.17. The number of piperazine rings is 1. The average molecular weight is 314 g/mol. The number of nitrogens with two attached hydrogens (primary N) is 1. The molecule has 0 spiro atoms. The van der Waals surface area contributed by atoms with Crippen LogP contribution in [0.4, 0.5) is 4.79 Å². The molecule has 7 heteroatoms. The minimum absolute atomic E-state index is 0.275. The van der Waals surface area contributed by atoms with Gasteiger partial charge in [-0.15, -0.1) is 0 Å². The van der Waals surface area contributed by atoms with Crippen LogP contribution in [-0.4, -0.2) is 72.9 Å². The summed E-state index contributed by atoms with van der Waals surface area (Å²) in [6.07, 6.45) is -0.275. The monoisotopic (exact) mass is 314 g/mol. The molecular weight excluding hydrogens is 284 g/mol. The molecule has 0 bridgehead atoms. The summed E-state index contributed by atoms with van der Waals surface area (Å²) in [5.74, 6) is 0.494. The molecule has 0 aromatic carbocycles. The third-order valence-corrected chi connectivity index (χ3v) is 3.43. The molecule has 1 aliphatic rings. The van der Waals surface area contributed by atoms with Gasteiger partial charge >= 0.3 is 6.09 Å². The number of rotatable bonds is 3. The average Bonchev–Trinajstić information content (AvgIpc) is 2.43. The van der Waals surface area contributed by atoms with E-state index >= 15 is 0 Å². The standard InChI is InChI=1S/C15H30N4O3/c1-14(2,3)22-13(20)19-9-7-18(8-10-19)12(16)17-11-15(4,5)21-6/h7-11H2,1-6H3,(H2,16,17). The Hall–Kier alpha value is -1.50. The van der Waals surface area contributed by atoms with Gasteiger partial charge in [0.15, 0.2) is 5.96 Å². The third-order valence-electron chi connectivity index (χ3n) is 3.43. The van der Waals surface area contributed by atoms with E-state index in [-0.39, 0.29) is 11.7 Å². The number of aliphatic imine (C=N–C) groups is 1. The molecule has 0 aromatic heterocycles. The molecule has 1 fully saturated rings. The molecular formula is C15H30N4O3. The molecule has 0 aromatic rings. The summed E-state index contributed by atoms with van der Waals surface area (Å²) in [5.41, 5.74) is 5.22. The Morgan fingerprint density at radius 1 is 1.09 bits per heavy atom. The quantitative estimate of drug-likeness (QED) is 0.627. The molecule has 0 aliphatic carbocycles. The molecule has 0 saturated carbocycles. The van der Waals surface area contributed by atoms with Gasteiger partial charge in [0.05, 0.1) is 12.1 Å². The number of carbonyl (C=O) groups is 1. The van der Waals surface area contributed by atoms with E-state index in [1.165, 1.54) is 0 Å². The van der Waals surface area contributed by atoms with Gasteiger partial charge in [-0.25, -0.2) is 4.79 Å². The number of amides is 1. The van der Waals surface area contributed by atoms with Gasteiger partial charge in [0.25, 0.3) is 0 Å². The fourth-order valence-electron chi connectivity index (χ4n) is 1.88. The Labute approximate surface area is 133 Å². The number of guanidine groups is 1. The van der Waals surface area contributed by atoms with Crippen LogP contribution in [-0.2, 0) is 9.47 Å². The minimum Gasteiger partial charge on any atom is -0.444 e. The predicted molar refractivity (Wildman–Crippen MR) is 87.0 cm³/mol. The van der Waals surface area contributed by atoms with Gasteiger partial charge in [-0.2, -0.15) is 0 Å². The van der Waals surface area contributed by atoms with E-state index < -0.39 is 5.60 Å². The van der Waals surface area contributed by atoms with Crippen LogP contribution in [0.15, 0.2) is 4.99 Å². The van der Waals surface area contributed by atoms with Crippen LogP contribution in [0, 0.1) is 0 Å². The zero-order valence-corrected chi connectivity index (χ0v) is 14.7. The molecule has 1 amide bonds. The van der Waals surface area contributed by atoms with Crippen molar-refractivity contribution in [3.63, 3.8) is 0 Å². The van der Waals surface area contributed by atoms with Crippen LogP contribution >= 0.6 is 0 Å². The largest absolute Gasteiger partial charge is 0.444 e. The van der Waals surface area contributed by atoms with Gasteiger partial charge in [0.1, 0.15) is 5.60 Å². The second-order valence-corrected chi connectivity index (χ2v) is 7.09. The Morgan fingerprint density at radius 2 is 1.59 bits per heavy atom. The highest BCUT2D eigenvalue weighted by Gasteiger charge is 2.26. The molecule has 2 N–H and O–H groups in total. The summed E-state index contributed by atoms with van der Waals surface area (Å²) in [4.78, 5) is 20.1. The highest BCUT2D eigenvalue weighted by molar-refractivity contribution is 5.78. The highest BCUT2D eigenvalue weighted by Crippen LogP contribution is 2.12. The van der Waals surface area contributed by atoms with E-state index in [1.54, 1.807) is 12.0 Å². The number of hydrogen-bond acceptors (Lipinski definition) is 4. The van der Waals surface area contributed by atoms with Gasteiger partial charge in [0.2, 0.25) is 0 Å². The lowest BCUT2D eigenvalue weighted by atomic mass is 10.1. The Balaban J connectivity index is 2.48. The van der Waals surface area contributed by atoms with Crippen LogP contribution < -0.4 is 5.73 Å². The lowest BCUT2D eigenvalue weighted by molar-refractivity contribution is 0.0185. The molecule has 0 radical (unpaired) electrons. The lowest BCUT2D eigenvalue weighted by Crippen LogP contribution is -2.53. The second-order valence-electron chi connectivity index (χ2n) is 7.09. The van der Waals surface area contributed by atoms with Gasteiger partial charge in [-0.05, 0) is 34.6 Å². The summed E-state index contributed by atoms with van der Waals surface area (Å²) < 4.78 is 10.7. The smallest absolute Gasteiger partial charge is 0.410 e. The lowest BCUT2D eigenvalue weighted by Gasteiger charge is -2.36. The van der Waals surface area contributed by atoms with E-state index in [0.29, 0.717) is 38.7 Å². The number of methoxy groups -OCH3 is 1. The van der Waals surface area contributed by atoms with Crippen LogP contribution in [0.1, 0.15) is 34.6 Å². The van der Waals surface area contributed by atoms with Gasteiger partial charge in [0, 0.05) is 33.3 Å². The topological polar surface area (TPSA) is 80.4 Å². The maximum atomic E-state index is 12.0. The fourth-order valence-corrected chi connectivity index (χ4v) is 1.88. The van der Waals surface area contributed by atoms with Gasteiger partial charge in [-0.3, -0.25) is 4.99 Å². The van der Waals surface area contributed by atoms with Crippen LogP contribution in [0.5, 0.6) is 0 Å². The van der Waals surface area contributed by atoms with Crippen molar-refractivity contribution in [1.82, 2.24) is 9.80 Å². The zero-order valence-electron chi connectivity index (χ0n) is 14.7. The van der Waals surface area contributed by atoms with E-state index in [2.05, 4.69) is 4.99 Å². The van der Waals surface area contributed by atoms with E-state index in [1.807, 2.05) is 39.5 Å². The van der Waals surface area contributed by atoms with Gasteiger partial charge < -0.3 is 25.0 Å². The maximum Gasteiger partial charge on any atom is 0.410 e. The number of nitrogens with zero attached hydrogens (tertiary/aromatic N) is 3. The molecule has 22 heavy (non-hydrogen) atoms. The number of ether oxygens (including phenoxy) is 2. The Bertz CT molecular complexity index is 408. The summed E-state index contributed by atoms with van der Waals surface area (Å²) in [6, 6.07) is 0. The first-order chi connectivity index (χ1) is 10.0. The fraction of sp³-hybridized carbons (Fsp3) is 0.867. The molecule has 128 valence electrons. The van der Waals surface area contributed by atoms with Crippen molar-refractivity contribution in [3.05, 3.63) is 0 Å². The van der Waals surface area contributed by atoms with Crippen LogP contribution in [0.25, 0.3) is 0 Å². The van der Waals surface area contributed by atoms with Crippen molar-refractivity contribution in [1.29, 1.82) is 0 Å². The molecule has 1 saturated heterocycles. The van der Waals surface area contributed by atoms with Crippen LogP contribution in [0.2, 0.25) is 0 Å². The third kappa shape index (κ3) is 6.09. The zero-order chi connectivity index (χ0) is 17.0. The normalized spacial score (nSPS) is 17.6. The maximum absolute atomic E-state index is 12.0. The van der Waals surface area contributed by atoms with Crippen molar-refractivity contribution in [3.8, 4) is 0 Å². The molecule has 0 atom stereocenters. The summed E-state index contributed by atoms with van der Waals surface area (Å²) >= 11 is 0. The first kappa shape index (κ1) is 18.5. The first-order valence-electron chi connectivity index (χ1n) is 7.62. The summed E-state index contributed by atoms with van der Waals surface area (Å²) in [5, 5.41) is 0. The predicted octanol–water partition coefficient (Wildman–Crippen LogP) is 1.28. The van der Waals surface area contributed by atoms with E-state index in [9.17, 15) is 4.79 Å². The Kier molecular flexibility index (Phi) is 6.05. The van der Waals surface area contributed by atoms with Gasteiger partial charge in [-0.1, -0.05) is 0 Å². The molecule has 1 heterocycles. The van der Waals surface area contributed by atoms with Crippen molar-refractivity contribution in [2.24, 2.45) is 10.7 Å². The molecule has 0 unspecified atom stereocenters. The minimum atomic E-state index is -0.472. The summed E-state index contributed by atoms with van der Waals surface area (Å²) in [6.45, 7) is 12.5. The number of carbonyl (C=O) groups excluding carboxylic acids is 1. The summed E-state index contributed by atoms with van der Waals surface area (Å²) in [7, 11) is 1.66. The molecule has 1 aliphatic heterocycles. The van der Waals surface area contributed by atoms with Crippen LogP contribution in [0.3, 0.4) is 0 Å². The first-order valence-corrected chi connectivity index (χ1v) is 7.62. The van der Waals surface area contributed by atoms with Crippen molar-refractivity contribution < 1.29 is 14.3 Å².